The highest BCUT2D eigenvalue weighted by Crippen LogP contribution is 2.54. The Hall–Kier alpha value is -2.71. The zero-order chi connectivity index (χ0) is 20.2. The van der Waals surface area contributed by atoms with Crippen LogP contribution >= 0.6 is 11.6 Å². The molecule has 1 aromatic rings. The van der Waals surface area contributed by atoms with E-state index < -0.39 is 53.6 Å². The van der Waals surface area contributed by atoms with Crippen LogP contribution in [0.2, 0.25) is 5.02 Å². The Balaban J connectivity index is 1.75. The molecule has 0 N–H and O–H groups in total. The van der Waals surface area contributed by atoms with Crippen molar-refractivity contribution in [2.24, 2.45) is 11.8 Å². The number of esters is 2. The van der Waals surface area contributed by atoms with E-state index in [1.165, 1.54) is 12.1 Å². The van der Waals surface area contributed by atoms with Crippen LogP contribution in [0.5, 0.6) is 0 Å². The topological polar surface area (TPSA) is 99.2 Å². The maximum absolute atomic E-state index is 13.2. The van der Waals surface area contributed by atoms with Crippen molar-refractivity contribution in [2.45, 2.75) is 31.8 Å². The van der Waals surface area contributed by atoms with Crippen LogP contribution in [0.1, 0.15) is 13.8 Å². The number of nitrogens with zero attached hydrogens (tertiary/aromatic N) is 1. The van der Waals surface area contributed by atoms with Crippen LogP contribution in [-0.4, -0.2) is 41.7 Å². The molecule has 146 valence electrons. The van der Waals surface area contributed by atoms with Gasteiger partial charge in [-0.05, 0) is 24.3 Å². The van der Waals surface area contributed by atoms with Crippen molar-refractivity contribution in [3.63, 3.8) is 0 Å². The summed E-state index contributed by atoms with van der Waals surface area (Å²) in [7, 11) is 0. The van der Waals surface area contributed by atoms with E-state index in [9.17, 15) is 19.2 Å². The molecule has 0 aliphatic carbocycles. The number of ether oxygens (including phenoxy) is 3. The molecule has 0 spiro atoms. The maximum Gasteiger partial charge on any atom is 0.305 e. The number of rotatable bonds is 4. The van der Waals surface area contributed by atoms with Crippen molar-refractivity contribution >= 4 is 41.0 Å². The number of anilines is 1. The summed E-state index contributed by atoms with van der Waals surface area (Å²) in [5.41, 5.74) is -1.23. The van der Waals surface area contributed by atoms with Crippen LogP contribution in [0.3, 0.4) is 0 Å². The minimum absolute atomic E-state index is 0.336. The summed E-state index contributed by atoms with van der Waals surface area (Å²) in [4.78, 5) is 50.5. The zero-order valence-electron chi connectivity index (χ0n) is 15.0. The molecule has 8 nitrogen and oxygen atoms in total. The highest BCUT2D eigenvalue weighted by atomic mass is 35.5. The first-order valence-electron chi connectivity index (χ1n) is 8.59. The molecule has 2 bridgehead atoms. The molecule has 3 aliphatic heterocycles. The predicted octanol–water partition coefficient (Wildman–Crippen LogP) is 1.61. The molecule has 0 saturated carbocycles. The van der Waals surface area contributed by atoms with Crippen molar-refractivity contribution in [1.29, 1.82) is 0 Å². The van der Waals surface area contributed by atoms with Crippen LogP contribution in [0.25, 0.3) is 0 Å². The highest BCUT2D eigenvalue weighted by molar-refractivity contribution is 6.31. The molecule has 3 heterocycles. The predicted molar refractivity (Wildman–Crippen MR) is 95.0 cm³/mol. The van der Waals surface area contributed by atoms with Gasteiger partial charge in [-0.15, -0.1) is 0 Å². The van der Waals surface area contributed by atoms with E-state index in [1.54, 1.807) is 24.3 Å². The van der Waals surface area contributed by atoms with Gasteiger partial charge >= 0.3 is 11.9 Å². The van der Waals surface area contributed by atoms with Gasteiger partial charge in [0, 0.05) is 18.9 Å². The van der Waals surface area contributed by atoms with E-state index in [0.717, 1.165) is 18.7 Å². The molecular weight excluding hydrogens is 390 g/mol. The number of carbonyl (C=O) groups is 4. The van der Waals surface area contributed by atoms with Gasteiger partial charge in [-0.25, -0.2) is 4.90 Å². The van der Waals surface area contributed by atoms with Crippen molar-refractivity contribution in [2.75, 3.05) is 4.90 Å². The van der Waals surface area contributed by atoms with Crippen LogP contribution in [-0.2, 0) is 33.4 Å². The molecule has 3 aliphatic rings. The lowest BCUT2D eigenvalue weighted by Crippen LogP contribution is -2.52. The monoisotopic (exact) mass is 405 g/mol. The number of benzene rings is 1. The molecule has 0 aromatic heterocycles. The van der Waals surface area contributed by atoms with Gasteiger partial charge in [-0.3, -0.25) is 19.2 Å². The summed E-state index contributed by atoms with van der Waals surface area (Å²) < 4.78 is 16.2. The number of carbonyl (C=O) groups excluding carboxylic acids is 4. The summed E-state index contributed by atoms with van der Waals surface area (Å²) in [6, 6.07) is 6.37. The molecular formula is C19H16ClNO7. The maximum atomic E-state index is 13.2. The summed E-state index contributed by atoms with van der Waals surface area (Å²) in [5, 5.41) is 0.375. The Bertz CT molecular complexity index is 913. The lowest BCUT2D eigenvalue weighted by Gasteiger charge is -2.34. The first kappa shape index (κ1) is 18.6. The smallest absolute Gasteiger partial charge is 0.305 e. The van der Waals surface area contributed by atoms with E-state index >= 15 is 0 Å². The standard InChI is InChI=1S/C19H16ClNO7/c1-9(22)26-18(27-10(2)23)19-7-6-13(28-19)14-15(19)17(25)21(16(14)24)12-5-3-4-11(20)8-12/h3-8,13-15,18H,1-2H3/t13-,14+,15-,19-/m0/s1. The normalized spacial score (nSPS) is 30.1. The molecule has 4 atom stereocenters. The lowest BCUT2D eigenvalue weighted by molar-refractivity contribution is -0.226. The number of halogens is 1. The molecule has 2 fully saturated rings. The Kier molecular flexibility index (Phi) is 4.28. The third kappa shape index (κ3) is 2.63. The van der Waals surface area contributed by atoms with E-state index in [4.69, 9.17) is 25.8 Å². The molecule has 1 aromatic carbocycles. The third-order valence-corrected chi connectivity index (χ3v) is 5.29. The van der Waals surface area contributed by atoms with Crippen molar-refractivity contribution in [3.05, 3.63) is 41.4 Å². The second kappa shape index (κ2) is 6.42. The van der Waals surface area contributed by atoms with Gasteiger partial charge in [0.1, 0.15) is 0 Å². The van der Waals surface area contributed by atoms with Gasteiger partial charge in [-0.1, -0.05) is 23.7 Å². The van der Waals surface area contributed by atoms with Gasteiger partial charge in [0.25, 0.3) is 6.29 Å². The number of fused-ring (bicyclic) bond motifs is 5. The van der Waals surface area contributed by atoms with E-state index in [-0.39, 0.29) is 0 Å². The van der Waals surface area contributed by atoms with Gasteiger partial charge in [-0.2, -0.15) is 0 Å². The summed E-state index contributed by atoms with van der Waals surface area (Å²) >= 11 is 6.00. The summed E-state index contributed by atoms with van der Waals surface area (Å²) in [6.07, 6.45) is 0.963. The zero-order valence-corrected chi connectivity index (χ0v) is 15.7. The highest BCUT2D eigenvalue weighted by Gasteiger charge is 2.72. The quantitative estimate of drug-likeness (QED) is 0.324. The average Bonchev–Trinajstić information content (AvgIpc) is 3.25. The Morgan fingerprint density at radius 3 is 2.46 bits per heavy atom. The Morgan fingerprint density at radius 1 is 1.18 bits per heavy atom. The van der Waals surface area contributed by atoms with Crippen molar-refractivity contribution in [1.82, 2.24) is 0 Å². The first-order valence-corrected chi connectivity index (χ1v) is 8.97. The van der Waals surface area contributed by atoms with E-state index in [2.05, 4.69) is 0 Å². The van der Waals surface area contributed by atoms with Crippen LogP contribution < -0.4 is 4.90 Å². The summed E-state index contributed by atoms with van der Waals surface area (Å²) in [6.45, 7) is 2.30. The number of hydrogen-bond acceptors (Lipinski definition) is 7. The van der Waals surface area contributed by atoms with Crippen LogP contribution in [0.15, 0.2) is 36.4 Å². The third-order valence-electron chi connectivity index (χ3n) is 5.06. The van der Waals surface area contributed by atoms with Crippen molar-refractivity contribution in [3.8, 4) is 0 Å². The minimum atomic E-state index is -1.56. The molecule has 2 amide bonds. The number of amides is 2. The van der Waals surface area contributed by atoms with E-state index in [1.807, 2.05) is 0 Å². The molecule has 0 unspecified atom stereocenters. The number of imide groups is 1. The van der Waals surface area contributed by atoms with Crippen LogP contribution in [0.4, 0.5) is 5.69 Å². The molecule has 4 rings (SSSR count). The molecule has 2 saturated heterocycles. The SMILES string of the molecule is CC(=O)OC(OC(C)=O)[C@@]12C=C[C@H](O1)[C@H]1C(=O)N(c3cccc(Cl)c3)C(=O)[C@H]12. The van der Waals surface area contributed by atoms with E-state index in [0.29, 0.717) is 10.7 Å². The Labute approximate surface area is 165 Å². The van der Waals surface area contributed by atoms with Crippen LogP contribution in [0, 0.1) is 11.8 Å². The fraction of sp³-hybridized carbons (Fsp3) is 0.368. The minimum Gasteiger partial charge on any atom is -0.422 e. The first-order chi connectivity index (χ1) is 13.2. The van der Waals surface area contributed by atoms with Gasteiger partial charge in [0.15, 0.2) is 5.60 Å². The molecule has 28 heavy (non-hydrogen) atoms. The molecule has 9 heteroatoms. The molecule has 0 radical (unpaired) electrons. The summed E-state index contributed by atoms with van der Waals surface area (Å²) in [5.74, 6) is -4.23. The average molecular weight is 406 g/mol. The lowest BCUT2D eigenvalue weighted by atomic mass is 9.76. The Morgan fingerprint density at radius 2 is 1.86 bits per heavy atom. The fourth-order valence-corrected chi connectivity index (χ4v) is 4.27. The fourth-order valence-electron chi connectivity index (χ4n) is 4.09. The van der Waals surface area contributed by atoms with Crippen molar-refractivity contribution < 1.29 is 33.4 Å². The van der Waals surface area contributed by atoms with Gasteiger partial charge in [0.05, 0.1) is 23.6 Å². The van der Waals surface area contributed by atoms with Gasteiger partial charge < -0.3 is 14.2 Å². The largest absolute Gasteiger partial charge is 0.422 e. The second-order valence-corrected chi connectivity index (χ2v) is 7.28. The van der Waals surface area contributed by atoms with Gasteiger partial charge in [0.2, 0.25) is 11.8 Å². The second-order valence-electron chi connectivity index (χ2n) is 6.84. The number of hydrogen-bond donors (Lipinski definition) is 0.